The lowest BCUT2D eigenvalue weighted by Gasteiger charge is -2.32. The van der Waals surface area contributed by atoms with Gasteiger partial charge in [0.2, 0.25) is 11.8 Å². The normalized spacial score (nSPS) is 27.3. The standard InChI is InChI=1S/C20H28N4O2/c25-19-12-17(14-24(19)13-16-4-2-1-3-5-16)20(26)23-9-6-18(15-23)22-10-7-21-8-11-22/h1-5,17-18,21H,6-15H2. The first kappa shape index (κ1) is 17.5. The SMILES string of the molecule is O=C1CC(C(=O)N2CCC(N3CCNCC3)C2)CN1Cc1ccccc1. The molecule has 2 amide bonds. The van der Waals surface area contributed by atoms with Gasteiger partial charge in [0.25, 0.3) is 0 Å². The summed E-state index contributed by atoms with van der Waals surface area (Å²) in [5.74, 6) is 0.101. The number of hydrogen-bond acceptors (Lipinski definition) is 4. The smallest absolute Gasteiger partial charge is 0.228 e. The summed E-state index contributed by atoms with van der Waals surface area (Å²) in [5, 5.41) is 3.38. The van der Waals surface area contributed by atoms with Crippen molar-refractivity contribution in [2.24, 2.45) is 5.92 Å². The quantitative estimate of drug-likeness (QED) is 0.856. The van der Waals surface area contributed by atoms with Gasteiger partial charge in [-0.25, -0.2) is 0 Å². The van der Waals surface area contributed by atoms with Crippen LogP contribution in [-0.4, -0.2) is 78.4 Å². The number of nitrogens with one attached hydrogen (secondary N) is 1. The van der Waals surface area contributed by atoms with E-state index in [0.29, 0.717) is 25.6 Å². The van der Waals surface area contributed by atoms with Crippen molar-refractivity contribution in [3.63, 3.8) is 0 Å². The van der Waals surface area contributed by atoms with Gasteiger partial charge in [-0.2, -0.15) is 0 Å². The van der Waals surface area contributed by atoms with Gasteiger partial charge >= 0.3 is 0 Å². The summed E-state index contributed by atoms with van der Waals surface area (Å²) in [6.07, 6.45) is 1.42. The van der Waals surface area contributed by atoms with Crippen LogP contribution in [0.3, 0.4) is 0 Å². The second-order valence-corrected chi connectivity index (χ2v) is 7.67. The van der Waals surface area contributed by atoms with Crippen LogP contribution in [0, 0.1) is 5.92 Å². The van der Waals surface area contributed by atoms with Gasteiger partial charge < -0.3 is 15.1 Å². The van der Waals surface area contributed by atoms with Gasteiger partial charge in [-0.05, 0) is 12.0 Å². The zero-order valence-electron chi connectivity index (χ0n) is 15.3. The maximum absolute atomic E-state index is 12.9. The van der Waals surface area contributed by atoms with Crippen LogP contribution in [0.1, 0.15) is 18.4 Å². The summed E-state index contributed by atoms with van der Waals surface area (Å²) in [6.45, 7) is 7.03. The minimum absolute atomic E-state index is 0.102. The molecule has 1 N–H and O–H groups in total. The number of piperazine rings is 1. The Morgan fingerprint density at radius 3 is 2.62 bits per heavy atom. The highest BCUT2D eigenvalue weighted by atomic mass is 16.2. The fourth-order valence-corrected chi connectivity index (χ4v) is 4.44. The lowest BCUT2D eigenvalue weighted by Crippen LogP contribution is -2.49. The molecule has 0 aliphatic carbocycles. The van der Waals surface area contributed by atoms with Gasteiger partial charge in [0.15, 0.2) is 0 Å². The zero-order valence-corrected chi connectivity index (χ0v) is 15.3. The van der Waals surface area contributed by atoms with E-state index in [1.165, 1.54) is 0 Å². The number of hydrogen-bond donors (Lipinski definition) is 1. The van der Waals surface area contributed by atoms with Gasteiger partial charge in [-0.15, -0.1) is 0 Å². The molecule has 3 saturated heterocycles. The summed E-state index contributed by atoms with van der Waals surface area (Å²) >= 11 is 0. The van der Waals surface area contributed by atoms with Crippen LogP contribution in [0.2, 0.25) is 0 Å². The third kappa shape index (κ3) is 3.76. The molecule has 2 unspecified atom stereocenters. The third-order valence-electron chi connectivity index (χ3n) is 5.92. The Morgan fingerprint density at radius 2 is 1.85 bits per heavy atom. The van der Waals surface area contributed by atoms with Crippen molar-refractivity contribution in [3.8, 4) is 0 Å². The van der Waals surface area contributed by atoms with Gasteiger partial charge in [-0.1, -0.05) is 30.3 Å². The Kier molecular flexibility index (Phi) is 5.22. The molecule has 1 aromatic rings. The molecule has 1 aromatic carbocycles. The molecule has 140 valence electrons. The van der Waals surface area contributed by atoms with Crippen LogP contribution in [-0.2, 0) is 16.1 Å². The predicted molar refractivity (Wildman–Crippen MR) is 99.4 cm³/mol. The largest absolute Gasteiger partial charge is 0.341 e. The summed E-state index contributed by atoms with van der Waals surface area (Å²) < 4.78 is 0. The van der Waals surface area contributed by atoms with E-state index >= 15 is 0 Å². The third-order valence-corrected chi connectivity index (χ3v) is 5.92. The second-order valence-electron chi connectivity index (χ2n) is 7.67. The number of carbonyl (C=O) groups is 2. The molecule has 6 nitrogen and oxygen atoms in total. The topological polar surface area (TPSA) is 55.9 Å². The Labute approximate surface area is 155 Å². The highest BCUT2D eigenvalue weighted by Gasteiger charge is 2.39. The Morgan fingerprint density at radius 1 is 1.08 bits per heavy atom. The monoisotopic (exact) mass is 356 g/mol. The molecule has 0 aromatic heterocycles. The first-order chi connectivity index (χ1) is 12.7. The van der Waals surface area contributed by atoms with E-state index in [-0.39, 0.29) is 17.7 Å². The van der Waals surface area contributed by atoms with Crippen LogP contribution in [0.5, 0.6) is 0 Å². The Bertz CT molecular complexity index is 644. The van der Waals surface area contributed by atoms with Gasteiger partial charge in [0.1, 0.15) is 0 Å². The van der Waals surface area contributed by atoms with E-state index in [4.69, 9.17) is 0 Å². The van der Waals surface area contributed by atoms with E-state index in [2.05, 4.69) is 10.2 Å². The first-order valence-electron chi connectivity index (χ1n) is 9.76. The van der Waals surface area contributed by atoms with Crippen LogP contribution in [0.15, 0.2) is 30.3 Å². The second kappa shape index (κ2) is 7.76. The number of nitrogens with zero attached hydrogens (tertiary/aromatic N) is 3. The molecule has 26 heavy (non-hydrogen) atoms. The number of likely N-dealkylation sites (tertiary alicyclic amines) is 2. The summed E-state index contributed by atoms with van der Waals surface area (Å²) in [6, 6.07) is 10.5. The lowest BCUT2D eigenvalue weighted by atomic mass is 10.1. The number of carbonyl (C=O) groups excluding carboxylic acids is 2. The molecule has 3 heterocycles. The zero-order chi connectivity index (χ0) is 17.9. The molecule has 0 spiro atoms. The van der Waals surface area contributed by atoms with Crippen LogP contribution < -0.4 is 5.32 Å². The van der Waals surface area contributed by atoms with Crippen molar-refractivity contribution < 1.29 is 9.59 Å². The minimum atomic E-state index is -0.173. The van der Waals surface area contributed by atoms with Gasteiger partial charge in [0, 0.05) is 64.8 Å². The van der Waals surface area contributed by atoms with Gasteiger partial charge in [-0.3, -0.25) is 14.5 Å². The predicted octanol–water partition coefficient (Wildman–Crippen LogP) is 0.541. The van der Waals surface area contributed by atoms with Crippen LogP contribution in [0.4, 0.5) is 0 Å². The fraction of sp³-hybridized carbons (Fsp3) is 0.600. The minimum Gasteiger partial charge on any atom is -0.341 e. The molecule has 6 heteroatoms. The summed E-state index contributed by atoms with van der Waals surface area (Å²) in [4.78, 5) is 31.6. The van der Waals surface area contributed by atoms with E-state index < -0.39 is 0 Å². The molecule has 3 aliphatic heterocycles. The maximum atomic E-state index is 12.9. The van der Waals surface area contributed by atoms with E-state index in [1.807, 2.05) is 40.1 Å². The molecule has 4 rings (SSSR count). The molecule has 0 radical (unpaired) electrons. The number of benzene rings is 1. The molecule has 2 atom stereocenters. The molecule has 0 bridgehead atoms. The molecule has 3 fully saturated rings. The number of amides is 2. The van der Waals surface area contributed by atoms with Crippen LogP contribution >= 0.6 is 0 Å². The van der Waals surface area contributed by atoms with Crippen molar-refractivity contribution in [1.29, 1.82) is 0 Å². The van der Waals surface area contributed by atoms with E-state index in [9.17, 15) is 9.59 Å². The molecule has 3 aliphatic rings. The Balaban J connectivity index is 1.32. The van der Waals surface area contributed by atoms with Crippen molar-refractivity contribution in [2.75, 3.05) is 45.8 Å². The average Bonchev–Trinajstić information content (AvgIpc) is 3.31. The van der Waals surface area contributed by atoms with Crippen molar-refractivity contribution >= 4 is 11.8 Å². The van der Waals surface area contributed by atoms with Crippen molar-refractivity contribution in [3.05, 3.63) is 35.9 Å². The molecular weight excluding hydrogens is 328 g/mol. The van der Waals surface area contributed by atoms with Crippen molar-refractivity contribution in [2.45, 2.75) is 25.4 Å². The molecule has 0 saturated carbocycles. The summed E-state index contributed by atoms with van der Waals surface area (Å²) in [7, 11) is 0. The van der Waals surface area contributed by atoms with Crippen molar-refractivity contribution in [1.82, 2.24) is 20.0 Å². The van der Waals surface area contributed by atoms with E-state index in [0.717, 1.165) is 51.3 Å². The maximum Gasteiger partial charge on any atom is 0.228 e. The van der Waals surface area contributed by atoms with Gasteiger partial charge in [0.05, 0.1) is 5.92 Å². The first-order valence-corrected chi connectivity index (χ1v) is 9.76. The molecular formula is C20H28N4O2. The highest BCUT2D eigenvalue weighted by molar-refractivity contribution is 5.89. The van der Waals surface area contributed by atoms with Crippen LogP contribution in [0.25, 0.3) is 0 Å². The lowest BCUT2D eigenvalue weighted by molar-refractivity contribution is -0.135. The highest BCUT2D eigenvalue weighted by Crippen LogP contribution is 2.25. The van der Waals surface area contributed by atoms with E-state index in [1.54, 1.807) is 0 Å². The fourth-order valence-electron chi connectivity index (χ4n) is 4.44. The summed E-state index contributed by atoms with van der Waals surface area (Å²) in [5.41, 5.74) is 1.12. The average molecular weight is 356 g/mol. The Hall–Kier alpha value is -1.92. The number of rotatable bonds is 4.